The van der Waals surface area contributed by atoms with Gasteiger partial charge in [-0.05, 0) is 36.6 Å². The molecule has 9 heteroatoms. The third-order valence-electron chi connectivity index (χ3n) is 5.27. The van der Waals surface area contributed by atoms with E-state index < -0.39 is 35.8 Å². The van der Waals surface area contributed by atoms with Gasteiger partial charge in [0, 0.05) is 18.8 Å². The Bertz CT molecular complexity index is 1100. The zero-order valence-electron chi connectivity index (χ0n) is 18.1. The predicted molar refractivity (Wildman–Crippen MR) is 126 cm³/mol. The summed E-state index contributed by atoms with van der Waals surface area (Å²) in [6.45, 7) is 3.55. The molecule has 2 atom stereocenters. The third kappa shape index (κ3) is 6.54. The second kappa shape index (κ2) is 11.3. The van der Waals surface area contributed by atoms with Crippen LogP contribution >= 0.6 is 0 Å². The Kier molecular flexibility index (Phi) is 8.99. The van der Waals surface area contributed by atoms with Gasteiger partial charge in [-0.25, -0.2) is 4.79 Å². The van der Waals surface area contributed by atoms with Crippen molar-refractivity contribution in [3.05, 3.63) is 71.4 Å². The number of hydrogen-bond acceptors (Lipinski definition) is 4. The van der Waals surface area contributed by atoms with Gasteiger partial charge in [0.05, 0.1) is 12.5 Å². The van der Waals surface area contributed by atoms with Crippen LogP contribution in [0.1, 0.15) is 30.5 Å². The molecular weight excluding hydrogens is 433 g/mol. The molecule has 33 heavy (non-hydrogen) atoms. The van der Waals surface area contributed by atoms with Crippen LogP contribution in [-0.4, -0.2) is 76.3 Å². The van der Waals surface area contributed by atoms with Crippen molar-refractivity contribution >= 4 is 53.2 Å². The van der Waals surface area contributed by atoms with E-state index in [2.05, 4.69) is 10.6 Å². The van der Waals surface area contributed by atoms with Crippen LogP contribution in [0.15, 0.2) is 60.3 Å². The summed E-state index contributed by atoms with van der Waals surface area (Å²) >= 11 is 0. The van der Waals surface area contributed by atoms with Gasteiger partial charge in [0.25, 0.3) is 5.91 Å². The first-order valence-electron chi connectivity index (χ1n) is 10.1. The van der Waals surface area contributed by atoms with E-state index in [4.69, 9.17) is 0 Å². The molecular formula is C24H26N3NaO5. The van der Waals surface area contributed by atoms with Crippen molar-refractivity contribution in [1.29, 1.82) is 0 Å². The topological polar surface area (TPSA) is 116 Å². The minimum atomic E-state index is -1.35. The summed E-state index contributed by atoms with van der Waals surface area (Å²) in [5, 5.41) is 14.3. The zero-order chi connectivity index (χ0) is 23.4. The summed E-state index contributed by atoms with van der Waals surface area (Å²) in [5.41, 5.74) is 3.88. The molecule has 0 saturated carbocycles. The molecule has 8 nitrogen and oxygen atoms in total. The molecule has 0 radical (unpaired) electrons. The molecule has 1 heterocycles. The standard InChI is InChI=1S/C24H25N3O5.Na.H/c1-14-7-9-16(10-8-14)17-5-4-6-18(11-17)19(12-20(28)29)25-24(32)26-21-22(30)15(2)13-27(3)23(21)31;;/h4-11,13,19,21H,12H2,1-3H3,(H,28,29)(H2,25,26,32);;. The number of ketones is 1. The molecule has 0 aromatic heterocycles. The molecule has 0 saturated heterocycles. The van der Waals surface area contributed by atoms with Crippen molar-refractivity contribution in [3.63, 3.8) is 0 Å². The Labute approximate surface area is 214 Å². The van der Waals surface area contributed by atoms with E-state index in [1.165, 1.54) is 18.1 Å². The summed E-state index contributed by atoms with van der Waals surface area (Å²) in [6, 6.07) is 12.1. The number of amides is 3. The molecule has 1 aliphatic rings. The average Bonchev–Trinajstić information content (AvgIpc) is 2.75. The van der Waals surface area contributed by atoms with Crippen molar-refractivity contribution in [1.82, 2.24) is 15.5 Å². The maximum atomic E-state index is 12.6. The number of nitrogens with zero attached hydrogens (tertiary/aromatic N) is 1. The Hall–Kier alpha value is -2.94. The van der Waals surface area contributed by atoms with E-state index in [9.17, 15) is 24.3 Å². The predicted octanol–water partition coefficient (Wildman–Crippen LogP) is 2.14. The number of carboxylic acid groups (broad SMARTS) is 1. The van der Waals surface area contributed by atoms with Gasteiger partial charge in [-0.3, -0.25) is 14.4 Å². The van der Waals surface area contributed by atoms with E-state index in [1.807, 2.05) is 43.3 Å². The summed E-state index contributed by atoms with van der Waals surface area (Å²) in [6.07, 6.45) is 1.04. The van der Waals surface area contributed by atoms with Gasteiger partial charge in [0.2, 0.25) is 0 Å². The Balaban J connectivity index is 0.00000385. The van der Waals surface area contributed by atoms with Gasteiger partial charge in [0.15, 0.2) is 11.8 Å². The Morgan fingerprint density at radius 2 is 1.73 bits per heavy atom. The minimum absolute atomic E-state index is 0. The van der Waals surface area contributed by atoms with Crippen LogP contribution in [0.4, 0.5) is 4.79 Å². The Morgan fingerprint density at radius 3 is 2.36 bits per heavy atom. The van der Waals surface area contributed by atoms with Crippen molar-refractivity contribution in [2.75, 3.05) is 7.05 Å². The number of rotatable bonds is 6. The number of carbonyl (C=O) groups excluding carboxylic acids is 3. The van der Waals surface area contributed by atoms with Crippen molar-refractivity contribution < 1.29 is 24.3 Å². The number of benzene rings is 2. The normalized spacial score (nSPS) is 16.4. The van der Waals surface area contributed by atoms with Gasteiger partial charge >= 0.3 is 41.6 Å². The van der Waals surface area contributed by atoms with E-state index in [-0.39, 0.29) is 36.0 Å². The number of hydrogen-bond donors (Lipinski definition) is 3. The second-order valence-corrected chi connectivity index (χ2v) is 7.82. The van der Waals surface area contributed by atoms with Crippen LogP contribution in [0.25, 0.3) is 11.1 Å². The Morgan fingerprint density at radius 1 is 1.06 bits per heavy atom. The molecule has 0 bridgehead atoms. The fraction of sp³-hybridized carbons (Fsp3) is 0.250. The molecule has 0 fully saturated rings. The molecule has 2 unspecified atom stereocenters. The summed E-state index contributed by atoms with van der Waals surface area (Å²) < 4.78 is 0. The third-order valence-corrected chi connectivity index (χ3v) is 5.27. The monoisotopic (exact) mass is 459 g/mol. The second-order valence-electron chi connectivity index (χ2n) is 7.82. The number of Topliss-reactive ketones (excluding diaryl/α,β-unsaturated/α-hetero) is 1. The molecule has 0 spiro atoms. The molecule has 2 aromatic carbocycles. The molecule has 168 valence electrons. The maximum absolute atomic E-state index is 12.6. The zero-order valence-corrected chi connectivity index (χ0v) is 18.1. The van der Waals surface area contributed by atoms with Crippen molar-refractivity contribution in [3.8, 4) is 11.1 Å². The van der Waals surface area contributed by atoms with Crippen molar-refractivity contribution in [2.24, 2.45) is 0 Å². The van der Waals surface area contributed by atoms with Crippen LogP contribution < -0.4 is 10.6 Å². The van der Waals surface area contributed by atoms with Gasteiger partial charge in [-0.2, -0.15) is 0 Å². The SMILES string of the molecule is CC1=CN(C)C(=O)C(NC(=O)NC(CC(=O)O)c2cccc(-c3ccc(C)cc3)c2)C1=O.[NaH]. The average molecular weight is 459 g/mol. The number of likely N-dealkylation sites (N-methyl/N-ethyl adjacent to an activating group) is 1. The molecule has 2 aromatic rings. The summed E-state index contributed by atoms with van der Waals surface area (Å²) in [4.78, 5) is 49.9. The number of aryl methyl sites for hydroxylation is 1. The number of carboxylic acids is 1. The van der Waals surface area contributed by atoms with Crippen LogP contribution in [0.2, 0.25) is 0 Å². The molecule has 0 aliphatic carbocycles. The van der Waals surface area contributed by atoms with Crippen LogP contribution in [0.3, 0.4) is 0 Å². The number of aliphatic carboxylic acids is 1. The van der Waals surface area contributed by atoms with Crippen LogP contribution in [-0.2, 0) is 14.4 Å². The quantitative estimate of drug-likeness (QED) is 0.452. The van der Waals surface area contributed by atoms with E-state index >= 15 is 0 Å². The van der Waals surface area contributed by atoms with Crippen LogP contribution in [0, 0.1) is 6.92 Å². The van der Waals surface area contributed by atoms with Gasteiger partial charge in [-0.1, -0.05) is 48.0 Å². The van der Waals surface area contributed by atoms with Crippen molar-refractivity contribution in [2.45, 2.75) is 32.4 Å². The van der Waals surface area contributed by atoms with Gasteiger partial charge in [0.1, 0.15) is 0 Å². The van der Waals surface area contributed by atoms with E-state index in [0.717, 1.165) is 16.7 Å². The molecule has 3 rings (SSSR count). The number of carbonyl (C=O) groups is 4. The first-order chi connectivity index (χ1) is 15.2. The molecule has 3 amide bonds. The first-order valence-corrected chi connectivity index (χ1v) is 10.1. The van der Waals surface area contributed by atoms with Crippen LogP contribution in [0.5, 0.6) is 0 Å². The molecule has 3 N–H and O–H groups in total. The fourth-order valence-electron chi connectivity index (χ4n) is 3.53. The summed E-state index contributed by atoms with van der Waals surface area (Å²) in [5.74, 6) is -2.16. The van der Waals surface area contributed by atoms with Gasteiger partial charge in [-0.15, -0.1) is 0 Å². The van der Waals surface area contributed by atoms with E-state index in [0.29, 0.717) is 11.1 Å². The first kappa shape index (κ1) is 26.3. The number of urea groups is 1. The summed E-state index contributed by atoms with van der Waals surface area (Å²) in [7, 11) is 1.49. The van der Waals surface area contributed by atoms with E-state index in [1.54, 1.807) is 19.1 Å². The fourth-order valence-corrected chi connectivity index (χ4v) is 3.53. The van der Waals surface area contributed by atoms with Gasteiger partial charge < -0.3 is 20.6 Å². The number of nitrogens with one attached hydrogen (secondary N) is 2. The molecule has 1 aliphatic heterocycles.